The normalized spacial score (nSPS) is 26.7. The highest BCUT2D eigenvalue weighted by Gasteiger charge is 2.47. The third kappa shape index (κ3) is 3.41. The molecule has 2 saturated heterocycles. The summed E-state index contributed by atoms with van der Waals surface area (Å²) < 4.78 is 1.78. The summed E-state index contributed by atoms with van der Waals surface area (Å²) in [4.78, 5) is 13.5. The van der Waals surface area contributed by atoms with Crippen molar-refractivity contribution >= 4 is 5.82 Å². The van der Waals surface area contributed by atoms with Gasteiger partial charge in [-0.1, -0.05) is 0 Å². The van der Waals surface area contributed by atoms with Crippen molar-refractivity contribution in [2.75, 3.05) is 37.7 Å². The molecule has 2 fully saturated rings. The van der Waals surface area contributed by atoms with E-state index >= 15 is 0 Å². The van der Waals surface area contributed by atoms with Gasteiger partial charge in [0, 0.05) is 50.0 Å². The van der Waals surface area contributed by atoms with E-state index in [9.17, 15) is 5.11 Å². The number of anilines is 1. The lowest BCUT2D eigenvalue weighted by molar-refractivity contribution is -0.0370. The second kappa shape index (κ2) is 7.63. The quantitative estimate of drug-likeness (QED) is 0.783. The summed E-state index contributed by atoms with van der Waals surface area (Å²) in [7, 11) is 0. The van der Waals surface area contributed by atoms with Crippen LogP contribution in [0.15, 0.2) is 24.9 Å². The number of nitrogens with zero attached hydrogens (tertiary/aromatic N) is 8. The summed E-state index contributed by atoms with van der Waals surface area (Å²) in [6.07, 6.45) is 11.2. The highest BCUT2D eigenvalue weighted by atomic mass is 16.3. The van der Waals surface area contributed by atoms with Crippen molar-refractivity contribution in [3.05, 3.63) is 24.9 Å². The topological polar surface area (TPSA) is 96.1 Å². The van der Waals surface area contributed by atoms with E-state index in [0.717, 1.165) is 64.2 Å². The number of rotatable bonds is 6. The van der Waals surface area contributed by atoms with Crippen LogP contribution in [0.25, 0.3) is 0 Å². The van der Waals surface area contributed by atoms with Gasteiger partial charge >= 0.3 is 0 Å². The Morgan fingerprint density at radius 1 is 1.23 bits per heavy atom. The molecule has 2 aliphatic heterocycles. The van der Waals surface area contributed by atoms with Crippen LogP contribution in [0.3, 0.4) is 0 Å². The third-order valence-electron chi connectivity index (χ3n) is 5.86. The zero-order chi connectivity index (χ0) is 17.8. The van der Waals surface area contributed by atoms with Gasteiger partial charge in [0.25, 0.3) is 0 Å². The first-order valence-corrected chi connectivity index (χ1v) is 9.37. The van der Waals surface area contributed by atoms with Crippen molar-refractivity contribution in [1.29, 1.82) is 0 Å². The molecule has 0 aromatic carbocycles. The Balaban J connectivity index is 1.42. The molecule has 1 N–H and O–H groups in total. The Morgan fingerprint density at radius 3 is 2.96 bits per heavy atom. The zero-order valence-electron chi connectivity index (χ0n) is 15.0. The molecule has 2 aromatic heterocycles. The van der Waals surface area contributed by atoms with Crippen LogP contribution in [-0.4, -0.2) is 79.0 Å². The summed E-state index contributed by atoms with van der Waals surface area (Å²) in [6, 6.07) is 0.419. The largest absolute Gasteiger partial charge is 0.396 e. The molecule has 2 aromatic rings. The van der Waals surface area contributed by atoms with Gasteiger partial charge in [0.2, 0.25) is 0 Å². The van der Waals surface area contributed by atoms with Crippen LogP contribution in [0.2, 0.25) is 0 Å². The van der Waals surface area contributed by atoms with Crippen molar-refractivity contribution < 1.29 is 5.11 Å². The van der Waals surface area contributed by atoms with E-state index in [1.165, 1.54) is 0 Å². The summed E-state index contributed by atoms with van der Waals surface area (Å²) in [6.45, 7) is 4.96. The molecular formula is C17H26N8O. The molecule has 4 rings (SSSR count). The number of hydrogen-bond acceptors (Lipinski definition) is 8. The Morgan fingerprint density at radius 2 is 2.19 bits per heavy atom. The van der Waals surface area contributed by atoms with Crippen LogP contribution in [-0.2, 0) is 6.54 Å². The molecule has 2 aliphatic rings. The van der Waals surface area contributed by atoms with E-state index in [-0.39, 0.29) is 12.0 Å². The smallest absolute Gasteiger partial charge is 0.147 e. The van der Waals surface area contributed by atoms with Crippen molar-refractivity contribution in [2.24, 2.45) is 5.41 Å². The third-order valence-corrected chi connectivity index (χ3v) is 5.86. The number of hydrogen-bond donors (Lipinski definition) is 1. The molecule has 0 unspecified atom stereocenters. The molecule has 9 heteroatoms. The maximum absolute atomic E-state index is 10.3. The highest BCUT2D eigenvalue weighted by Crippen LogP contribution is 2.42. The molecule has 4 heterocycles. The molecule has 140 valence electrons. The average molecular weight is 358 g/mol. The first-order chi connectivity index (χ1) is 12.8. The molecular weight excluding hydrogens is 332 g/mol. The van der Waals surface area contributed by atoms with Crippen LogP contribution in [0.5, 0.6) is 0 Å². The lowest BCUT2D eigenvalue weighted by atomic mass is 9.69. The first-order valence-electron chi connectivity index (χ1n) is 9.37. The predicted molar refractivity (Wildman–Crippen MR) is 95.4 cm³/mol. The van der Waals surface area contributed by atoms with Crippen molar-refractivity contribution in [2.45, 2.75) is 38.3 Å². The molecule has 0 aliphatic carbocycles. The predicted octanol–water partition coefficient (Wildman–Crippen LogP) is 0.207. The molecule has 2 atom stereocenters. The van der Waals surface area contributed by atoms with E-state index in [4.69, 9.17) is 0 Å². The van der Waals surface area contributed by atoms with Crippen LogP contribution in [0.1, 0.15) is 25.7 Å². The molecule has 9 nitrogen and oxygen atoms in total. The van der Waals surface area contributed by atoms with Gasteiger partial charge < -0.3 is 10.0 Å². The second-order valence-corrected chi connectivity index (χ2v) is 7.38. The van der Waals surface area contributed by atoms with Crippen molar-refractivity contribution in [3.63, 3.8) is 0 Å². The number of aryl methyl sites for hydroxylation is 1. The van der Waals surface area contributed by atoms with Gasteiger partial charge in [0.1, 0.15) is 12.1 Å². The van der Waals surface area contributed by atoms with E-state index in [0.29, 0.717) is 6.04 Å². The fraction of sp³-hybridized carbons (Fsp3) is 0.706. The maximum Gasteiger partial charge on any atom is 0.147 e. The van der Waals surface area contributed by atoms with Crippen LogP contribution in [0.4, 0.5) is 5.82 Å². The monoisotopic (exact) mass is 358 g/mol. The van der Waals surface area contributed by atoms with Crippen LogP contribution >= 0.6 is 0 Å². The standard InChI is InChI=1S/C17H26N8O/c26-13-17-4-1-7-23(8-2-9-25-14-20-21-22-25)15(17)3-10-24(12-17)16-11-18-5-6-19-16/h5-6,11,14-15,26H,1-4,7-10,12-13H2/t15-,17-/m1/s1. The van der Waals surface area contributed by atoms with Gasteiger partial charge in [-0.3, -0.25) is 9.88 Å². The molecule has 0 radical (unpaired) electrons. The molecule has 0 amide bonds. The Labute approximate surface area is 153 Å². The van der Waals surface area contributed by atoms with Crippen molar-refractivity contribution in [3.8, 4) is 0 Å². The van der Waals surface area contributed by atoms with Gasteiger partial charge in [-0.05, 0) is 42.7 Å². The Hall–Kier alpha value is -2.13. The molecule has 0 saturated carbocycles. The number of tetrazole rings is 1. The molecule has 26 heavy (non-hydrogen) atoms. The second-order valence-electron chi connectivity index (χ2n) is 7.38. The minimum Gasteiger partial charge on any atom is -0.396 e. The lowest BCUT2D eigenvalue weighted by Gasteiger charge is -2.55. The number of aliphatic hydroxyl groups excluding tert-OH is 1. The lowest BCUT2D eigenvalue weighted by Crippen LogP contribution is -2.62. The van der Waals surface area contributed by atoms with E-state index in [1.807, 2.05) is 6.20 Å². The summed E-state index contributed by atoms with van der Waals surface area (Å²) in [5.41, 5.74) is -0.0805. The first kappa shape index (κ1) is 17.3. The minimum atomic E-state index is -0.0805. The zero-order valence-corrected chi connectivity index (χ0v) is 15.0. The number of piperidine rings is 2. The minimum absolute atomic E-state index is 0.0805. The Kier molecular flexibility index (Phi) is 5.07. The van der Waals surface area contributed by atoms with Crippen LogP contribution < -0.4 is 4.90 Å². The number of aliphatic hydroxyl groups is 1. The van der Waals surface area contributed by atoms with Gasteiger partial charge in [0.15, 0.2) is 0 Å². The SMILES string of the molecule is OC[C@]12CCCN(CCCn3cnnn3)[C@@H]1CCN(c1cnccn1)C2. The molecule has 0 spiro atoms. The summed E-state index contributed by atoms with van der Waals surface area (Å²) >= 11 is 0. The maximum atomic E-state index is 10.3. The van der Waals surface area contributed by atoms with E-state index in [2.05, 4.69) is 35.3 Å². The van der Waals surface area contributed by atoms with Crippen LogP contribution in [0, 0.1) is 5.41 Å². The summed E-state index contributed by atoms with van der Waals surface area (Å²) in [5, 5.41) is 21.6. The van der Waals surface area contributed by atoms with Gasteiger partial charge in [0.05, 0.1) is 12.8 Å². The fourth-order valence-electron chi connectivity index (χ4n) is 4.63. The number of aromatic nitrogens is 6. The Bertz CT molecular complexity index is 681. The van der Waals surface area contributed by atoms with Gasteiger partial charge in [-0.25, -0.2) is 9.67 Å². The van der Waals surface area contributed by atoms with Gasteiger partial charge in [-0.2, -0.15) is 0 Å². The van der Waals surface area contributed by atoms with E-state index < -0.39 is 0 Å². The summed E-state index contributed by atoms with van der Waals surface area (Å²) in [5.74, 6) is 0.912. The van der Waals surface area contributed by atoms with E-state index in [1.54, 1.807) is 23.4 Å². The highest BCUT2D eigenvalue weighted by molar-refractivity contribution is 5.37. The van der Waals surface area contributed by atoms with Gasteiger partial charge in [-0.15, -0.1) is 5.10 Å². The average Bonchev–Trinajstić information content (AvgIpc) is 3.22. The fourth-order valence-corrected chi connectivity index (χ4v) is 4.63. The number of fused-ring (bicyclic) bond motifs is 1. The number of likely N-dealkylation sites (tertiary alicyclic amines) is 1. The molecule has 0 bridgehead atoms. The van der Waals surface area contributed by atoms with Crippen molar-refractivity contribution in [1.82, 2.24) is 35.1 Å².